The zero-order valence-corrected chi connectivity index (χ0v) is 20.7. The summed E-state index contributed by atoms with van der Waals surface area (Å²) in [6.45, 7) is 1.62. The normalized spacial score (nSPS) is 16.9. The molecule has 0 radical (unpaired) electrons. The van der Waals surface area contributed by atoms with Gasteiger partial charge in [0.2, 0.25) is 15.9 Å². The molecule has 0 unspecified atom stereocenters. The predicted molar refractivity (Wildman–Crippen MR) is 133 cm³/mol. The molecule has 0 aromatic heterocycles. The molecule has 3 aromatic carbocycles. The maximum atomic E-state index is 13.7. The molecule has 1 amide bonds. The predicted octanol–water partition coefficient (Wildman–Crippen LogP) is 5.08. The Bertz CT molecular complexity index is 1130. The van der Waals surface area contributed by atoms with E-state index in [0.29, 0.717) is 32.5 Å². The van der Waals surface area contributed by atoms with Crippen LogP contribution < -0.4 is 0 Å². The number of piperidine rings is 1. The lowest BCUT2D eigenvalue weighted by atomic mass is 9.97. The fraction of sp³-hybridized carbons (Fsp3) is 0.269. The lowest BCUT2D eigenvalue weighted by Gasteiger charge is -2.34. The minimum Gasteiger partial charge on any atom is -0.334 e. The zero-order chi connectivity index (χ0) is 23.3. The first-order valence-electron chi connectivity index (χ1n) is 11.1. The van der Waals surface area contributed by atoms with Gasteiger partial charge in [0.15, 0.2) is 0 Å². The molecule has 1 atom stereocenters. The van der Waals surface area contributed by atoms with E-state index in [2.05, 4.69) is 15.9 Å². The van der Waals surface area contributed by atoms with E-state index in [1.54, 1.807) is 24.3 Å². The number of hydrogen-bond donors (Lipinski definition) is 0. The molecule has 1 aliphatic heterocycles. The highest BCUT2D eigenvalue weighted by atomic mass is 79.9. The van der Waals surface area contributed by atoms with Crippen LogP contribution in [-0.2, 0) is 27.9 Å². The van der Waals surface area contributed by atoms with Crippen molar-refractivity contribution in [1.82, 2.24) is 9.21 Å². The van der Waals surface area contributed by atoms with Gasteiger partial charge < -0.3 is 4.90 Å². The molecule has 0 spiro atoms. The van der Waals surface area contributed by atoms with Crippen molar-refractivity contribution in [1.29, 1.82) is 0 Å². The highest BCUT2D eigenvalue weighted by Crippen LogP contribution is 2.27. The van der Waals surface area contributed by atoms with Crippen LogP contribution in [0.1, 0.15) is 24.0 Å². The van der Waals surface area contributed by atoms with Crippen molar-refractivity contribution >= 4 is 31.9 Å². The minimum absolute atomic E-state index is 0.00147. The number of halogens is 1. The van der Waals surface area contributed by atoms with Gasteiger partial charge in [0, 0.05) is 30.7 Å². The van der Waals surface area contributed by atoms with Gasteiger partial charge in [-0.2, -0.15) is 4.31 Å². The monoisotopic (exact) mass is 526 g/mol. The molecule has 7 heteroatoms. The Hall–Kier alpha value is -2.48. The van der Waals surface area contributed by atoms with Gasteiger partial charge in [0.25, 0.3) is 0 Å². The summed E-state index contributed by atoms with van der Waals surface area (Å²) in [4.78, 5) is 15.8. The van der Waals surface area contributed by atoms with E-state index in [0.717, 1.165) is 15.6 Å². The minimum atomic E-state index is -3.65. The van der Waals surface area contributed by atoms with Crippen molar-refractivity contribution in [2.24, 2.45) is 5.92 Å². The second-order valence-corrected chi connectivity index (χ2v) is 11.2. The number of carbonyl (C=O) groups excluding carboxylic acids is 1. The Morgan fingerprint density at radius 2 is 1.42 bits per heavy atom. The number of amides is 1. The third-order valence-corrected chi connectivity index (χ3v) is 8.34. The lowest BCUT2D eigenvalue weighted by molar-refractivity contribution is -0.138. The molecule has 1 heterocycles. The van der Waals surface area contributed by atoms with Crippen molar-refractivity contribution in [3.63, 3.8) is 0 Å². The highest BCUT2D eigenvalue weighted by Gasteiger charge is 2.35. The first-order chi connectivity index (χ1) is 15.9. The summed E-state index contributed by atoms with van der Waals surface area (Å²) in [5.74, 6) is -0.366. The summed E-state index contributed by atoms with van der Waals surface area (Å²) in [5, 5.41) is 0. The van der Waals surface area contributed by atoms with Gasteiger partial charge in [-0.15, -0.1) is 0 Å². The molecule has 0 saturated carbocycles. The van der Waals surface area contributed by atoms with E-state index in [4.69, 9.17) is 0 Å². The van der Waals surface area contributed by atoms with E-state index in [-0.39, 0.29) is 23.3 Å². The van der Waals surface area contributed by atoms with Crippen molar-refractivity contribution < 1.29 is 13.2 Å². The number of nitrogens with zero attached hydrogens (tertiary/aromatic N) is 2. The van der Waals surface area contributed by atoms with Crippen LogP contribution >= 0.6 is 15.9 Å². The van der Waals surface area contributed by atoms with Gasteiger partial charge in [-0.05, 0) is 48.2 Å². The second kappa shape index (κ2) is 10.6. The molecule has 1 saturated heterocycles. The van der Waals surface area contributed by atoms with Gasteiger partial charge in [0.1, 0.15) is 0 Å². The van der Waals surface area contributed by atoms with Crippen molar-refractivity contribution in [3.05, 3.63) is 101 Å². The first-order valence-corrected chi connectivity index (χ1v) is 13.3. The smallest absolute Gasteiger partial charge is 0.243 e. The largest absolute Gasteiger partial charge is 0.334 e. The fourth-order valence-electron chi connectivity index (χ4n) is 4.20. The molecule has 172 valence electrons. The standard InChI is InChI=1S/C26H27BrN2O3S/c27-24-13-15-25(16-14-24)33(31,32)29-17-7-12-23(20-29)26(30)28(18-21-8-3-1-4-9-21)19-22-10-5-2-6-11-22/h1-6,8-11,13-16,23H,7,12,17-20H2/t23-/m0/s1. The van der Waals surface area contributed by atoms with E-state index in [9.17, 15) is 13.2 Å². The van der Waals surface area contributed by atoms with Crippen LogP contribution in [-0.4, -0.2) is 36.6 Å². The molecular formula is C26H27BrN2O3S. The van der Waals surface area contributed by atoms with E-state index < -0.39 is 10.0 Å². The Labute approximate surface area is 204 Å². The summed E-state index contributed by atoms with van der Waals surface area (Å²) in [6, 6.07) is 26.5. The SMILES string of the molecule is O=C([C@H]1CCCN(S(=O)(=O)c2ccc(Br)cc2)C1)N(Cc1ccccc1)Cc1ccccc1. The Kier molecular flexibility index (Phi) is 7.63. The topological polar surface area (TPSA) is 57.7 Å². The Balaban J connectivity index is 1.54. The van der Waals surface area contributed by atoms with Crippen LogP contribution in [0.25, 0.3) is 0 Å². The second-order valence-electron chi connectivity index (χ2n) is 8.32. The zero-order valence-electron chi connectivity index (χ0n) is 18.3. The molecule has 1 aliphatic rings. The lowest BCUT2D eigenvalue weighted by Crippen LogP contribution is -2.46. The third-order valence-electron chi connectivity index (χ3n) is 5.93. The molecule has 4 rings (SSSR count). The van der Waals surface area contributed by atoms with Crippen LogP contribution in [0.2, 0.25) is 0 Å². The van der Waals surface area contributed by atoms with Crippen LogP contribution in [0.3, 0.4) is 0 Å². The number of rotatable bonds is 7. The number of sulfonamides is 1. The molecule has 1 fully saturated rings. The molecule has 0 bridgehead atoms. The summed E-state index contributed by atoms with van der Waals surface area (Å²) in [6.07, 6.45) is 1.35. The van der Waals surface area contributed by atoms with E-state index in [1.807, 2.05) is 65.6 Å². The molecule has 0 aliphatic carbocycles. The maximum absolute atomic E-state index is 13.7. The third kappa shape index (κ3) is 5.91. The molecular weight excluding hydrogens is 500 g/mol. The molecule has 5 nitrogen and oxygen atoms in total. The van der Waals surface area contributed by atoms with Crippen molar-refractivity contribution in [2.75, 3.05) is 13.1 Å². The fourth-order valence-corrected chi connectivity index (χ4v) is 5.98. The molecule has 0 N–H and O–H groups in total. The maximum Gasteiger partial charge on any atom is 0.243 e. The van der Waals surface area contributed by atoms with Gasteiger partial charge in [-0.25, -0.2) is 8.42 Å². The van der Waals surface area contributed by atoms with Crippen molar-refractivity contribution in [3.8, 4) is 0 Å². The average Bonchev–Trinajstić information content (AvgIpc) is 2.85. The average molecular weight is 527 g/mol. The summed E-state index contributed by atoms with van der Waals surface area (Å²) in [5.41, 5.74) is 2.11. The number of carbonyl (C=O) groups is 1. The highest BCUT2D eigenvalue weighted by molar-refractivity contribution is 9.10. The van der Waals surface area contributed by atoms with Gasteiger partial charge >= 0.3 is 0 Å². The van der Waals surface area contributed by atoms with Gasteiger partial charge in [-0.3, -0.25) is 4.79 Å². The quantitative estimate of drug-likeness (QED) is 0.431. The van der Waals surface area contributed by atoms with Gasteiger partial charge in [-0.1, -0.05) is 76.6 Å². The number of hydrogen-bond acceptors (Lipinski definition) is 3. The van der Waals surface area contributed by atoms with Gasteiger partial charge in [0.05, 0.1) is 10.8 Å². The summed E-state index contributed by atoms with van der Waals surface area (Å²) in [7, 11) is -3.65. The summed E-state index contributed by atoms with van der Waals surface area (Å²) < 4.78 is 28.7. The first kappa shape index (κ1) is 23.7. The van der Waals surface area contributed by atoms with Crippen LogP contribution in [0.4, 0.5) is 0 Å². The van der Waals surface area contributed by atoms with Crippen LogP contribution in [0.15, 0.2) is 94.3 Å². The van der Waals surface area contributed by atoms with E-state index in [1.165, 1.54) is 4.31 Å². The van der Waals surface area contributed by atoms with Crippen molar-refractivity contribution in [2.45, 2.75) is 30.8 Å². The van der Waals surface area contributed by atoms with E-state index >= 15 is 0 Å². The molecule has 33 heavy (non-hydrogen) atoms. The Morgan fingerprint density at radius 3 is 1.97 bits per heavy atom. The number of benzene rings is 3. The Morgan fingerprint density at radius 1 is 0.879 bits per heavy atom. The van der Waals surface area contributed by atoms with Crippen LogP contribution in [0.5, 0.6) is 0 Å². The molecule has 3 aromatic rings. The van der Waals surface area contributed by atoms with Crippen LogP contribution in [0, 0.1) is 5.92 Å². The summed E-state index contributed by atoms with van der Waals surface area (Å²) >= 11 is 3.35.